The highest BCUT2D eigenvalue weighted by Crippen LogP contribution is 2.21. The lowest BCUT2D eigenvalue weighted by molar-refractivity contribution is 0.0951. The number of rotatable bonds is 5. The second-order valence-corrected chi connectivity index (χ2v) is 4.97. The Bertz CT molecular complexity index is 429. The van der Waals surface area contributed by atoms with Crippen LogP contribution in [0.3, 0.4) is 0 Å². The minimum atomic E-state index is -0.0444. The lowest BCUT2D eigenvalue weighted by Gasteiger charge is -2.20. The number of nitrogens with one attached hydrogen (secondary N) is 2. The maximum absolute atomic E-state index is 12.2. The van der Waals surface area contributed by atoms with Gasteiger partial charge >= 0.3 is 0 Å². The summed E-state index contributed by atoms with van der Waals surface area (Å²) in [6.45, 7) is 4.63. The molecule has 104 valence electrons. The van der Waals surface area contributed by atoms with Gasteiger partial charge in [-0.3, -0.25) is 4.79 Å². The topological polar surface area (TPSA) is 57.3 Å². The maximum Gasteiger partial charge on any atom is 0.255 e. The van der Waals surface area contributed by atoms with E-state index in [0.29, 0.717) is 12.1 Å². The third-order valence-corrected chi connectivity index (χ3v) is 3.50. The number of pyridine rings is 1. The second kappa shape index (κ2) is 6.52. The summed E-state index contributed by atoms with van der Waals surface area (Å²) in [6.07, 6.45) is 4.10. The highest BCUT2D eigenvalue weighted by Gasteiger charge is 2.20. The molecule has 0 spiro atoms. The first-order chi connectivity index (χ1) is 9.22. The van der Waals surface area contributed by atoms with E-state index in [4.69, 9.17) is 0 Å². The molecule has 0 radical (unpaired) electrons. The molecule has 1 aliphatic rings. The summed E-state index contributed by atoms with van der Waals surface area (Å²) < 4.78 is 0. The van der Waals surface area contributed by atoms with E-state index >= 15 is 0 Å². The van der Waals surface area contributed by atoms with Crippen molar-refractivity contribution in [3.63, 3.8) is 0 Å². The summed E-state index contributed by atoms with van der Waals surface area (Å²) in [7, 11) is 1.89. The average molecular weight is 262 g/mol. The van der Waals surface area contributed by atoms with Gasteiger partial charge in [-0.1, -0.05) is 0 Å². The maximum atomic E-state index is 12.2. The summed E-state index contributed by atoms with van der Waals surface area (Å²) in [5.74, 6) is 0.770. The molecular formula is C14H22N4O. The van der Waals surface area contributed by atoms with Crippen LogP contribution in [0.15, 0.2) is 18.3 Å². The molecule has 19 heavy (non-hydrogen) atoms. The quantitative estimate of drug-likeness (QED) is 0.832. The summed E-state index contributed by atoms with van der Waals surface area (Å²) in [4.78, 5) is 18.8. The molecule has 0 aliphatic carbocycles. The van der Waals surface area contributed by atoms with Crippen LogP contribution in [-0.2, 0) is 0 Å². The lowest BCUT2D eigenvalue weighted by atomic mass is 10.2. The molecule has 0 bridgehead atoms. The Kier molecular flexibility index (Phi) is 4.74. The number of carbonyl (C=O) groups excluding carboxylic acids is 1. The molecule has 2 rings (SSSR count). The highest BCUT2D eigenvalue weighted by molar-refractivity contribution is 5.98. The van der Waals surface area contributed by atoms with E-state index in [-0.39, 0.29) is 11.9 Å². The predicted molar refractivity (Wildman–Crippen MR) is 76.5 cm³/mol. The molecule has 1 aliphatic heterocycles. The largest absolute Gasteiger partial charge is 0.356 e. The summed E-state index contributed by atoms with van der Waals surface area (Å²) in [5.41, 5.74) is 0.674. The second-order valence-electron chi connectivity index (χ2n) is 4.97. The van der Waals surface area contributed by atoms with Crippen molar-refractivity contribution < 1.29 is 4.79 Å². The fourth-order valence-electron chi connectivity index (χ4n) is 2.20. The molecule has 2 heterocycles. The molecule has 1 aromatic rings. The minimum Gasteiger partial charge on any atom is -0.356 e. The van der Waals surface area contributed by atoms with Gasteiger partial charge in [-0.15, -0.1) is 0 Å². The smallest absolute Gasteiger partial charge is 0.255 e. The third kappa shape index (κ3) is 3.44. The Balaban J connectivity index is 2.08. The number of hydrogen-bond donors (Lipinski definition) is 2. The molecule has 0 saturated carbocycles. The Labute approximate surface area is 114 Å². The zero-order chi connectivity index (χ0) is 13.7. The van der Waals surface area contributed by atoms with Crippen LogP contribution in [0, 0.1) is 0 Å². The van der Waals surface area contributed by atoms with Gasteiger partial charge in [0.15, 0.2) is 0 Å². The minimum absolute atomic E-state index is 0.0444. The highest BCUT2D eigenvalue weighted by atomic mass is 16.1. The molecule has 0 aromatic carbocycles. The first kappa shape index (κ1) is 13.8. The van der Waals surface area contributed by atoms with E-state index in [2.05, 4.69) is 20.5 Å². The van der Waals surface area contributed by atoms with Crippen LogP contribution < -0.4 is 15.5 Å². The van der Waals surface area contributed by atoms with E-state index in [9.17, 15) is 4.79 Å². The van der Waals surface area contributed by atoms with Crippen molar-refractivity contribution in [2.24, 2.45) is 0 Å². The Morgan fingerprint density at radius 2 is 2.21 bits per heavy atom. The summed E-state index contributed by atoms with van der Waals surface area (Å²) >= 11 is 0. The van der Waals surface area contributed by atoms with Crippen molar-refractivity contribution in [3.8, 4) is 0 Å². The van der Waals surface area contributed by atoms with E-state index < -0.39 is 0 Å². The molecule has 1 saturated heterocycles. The van der Waals surface area contributed by atoms with E-state index in [1.807, 2.05) is 26.1 Å². The van der Waals surface area contributed by atoms with E-state index in [1.165, 1.54) is 12.8 Å². The number of hydrogen-bond acceptors (Lipinski definition) is 4. The molecule has 5 nitrogen and oxygen atoms in total. The number of likely N-dealkylation sites (N-methyl/N-ethyl adjacent to an activating group) is 1. The van der Waals surface area contributed by atoms with Gasteiger partial charge in [-0.25, -0.2) is 4.98 Å². The number of amides is 1. The molecular weight excluding hydrogens is 240 g/mol. The Hall–Kier alpha value is -1.62. The van der Waals surface area contributed by atoms with Crippen molar-refractivity contribution in [1.29, 1.82) is 0 Å². The molecule has 1 aromatic heterocycles. The van der Waals surface area contributed by atoms with Gasteiger partial charge in [-0.05, 0) is 38.9 Å². The fourth-order valence-corrected chi connectivity index (χ4v) is 2.20. The fraction of sp³-hybridized carbons (Fsp3) is 0.571. The van der Waals surface area contributed by atoms with Crippen LogP contribution in [0.1, 0.15) is 30.1 Å². The van der Waals surface area contributed by atoms with Gasteiger partial charge in [0.1, 0.15) is 5.82 Å². The van der Waals surface area contributed by atoms with Crippen LogP contribution in [0.25, 0.3) is 0 Å². The van der Waals surface area contributed by atoms with Gasteiger partial charge in [0, 0.05) is 31.9 Å². The molecule has 2 N–H and O–H groups in total. The summed E-state index contributed by atoms with van der Waals surface area (Å²) in [6, 6.07) is 3.92. The van der Waals surface area contributed by atoms with Gasteiger partial charge in [0.25, 0.3) is 5.91 Å². The van der Waals surface area contributed by atoms with Gasteiger partial charge < -0.3 is 15.5 Å². The van der Waals surface area contributed by atoms with Gasteiger partial charge in [-0.2, -0.15) is 0 Å². The lowest BCUT2D eigenvalue weighted by Crippen LogP contribution is -2.37. The standard InChI is InChI=1S/C14H22N4O/c1-11(15-2)10-17-14(19)12-6-5-7-16-13(12)18-8-3-4-9-18/h5-7,11,15H,3-4,8-10H2,1-2H3,(H,17,19). The van der Waals surface area contributed by atoms with Crippen molar-refractivity contribution >= 4 is 11.7 Å². The van der Waals surface area contributed by atoms with Crippen molar-refractivity contribution in [1.82, 2.24) is 15.6 Å². The van der Waals surface area contributed by atoms with Crippen LogP contribution in [0.4, 0.5) is 5.82 Å². The number of carbonyl (C=O) groups is 1. The monoisotopic (exact) mass is 262 g/mol. The predicted octanol–water partition coefficient (Wildman–Crippen LogP) is 1.02. The zero-order valence-corrected chi connectivity index (χ0v) is 11.6. The number of nitrogens with zero attached hydrogens (tertiary/aromatic N) is 2. The molecule has 5 heteroatoms. The van der Waals surface area contributed by atoms with Gasteiger partial charge in [0.05, 0.1) is 5.56 Å². The molecule has 1 atom stereocenters. The first-order valence-corrected chi connectivity index (χ1v) is 6.88. The van der Waals surface area contributed by atoms with Gasteiger partial charge in [0.2, 0.25) is 0 Å². The molecule has 1 unspecified atom stereocenters. The summed E-state index contributed by atoms with van der Waals surface area (Å²) in [5, 5.41) is 6.05. The van der Waals surface area contributed by atoms with Crippen LogP contribution in [0.2, 0.25) is 0 Å². The van der Waals surface area contributed by atoms with Crippen LogP contribution in [-0.4, -0.2) is 43.6 Å². The normalized spacial score (nSPS) is 16.4. The van der Waals surface area contributed by atoms with E-state index in [1.54, 1.807) is 6.20 Å². The van der Waals surface area contributed by atoms with Crippen molar-refractivity contribution in [2.75, 3.05) is 31.6 Å². The average Bonchev–Trinajstić information content (AvgIpc) is 2.98. The van der Waals surface area contributed by atoms with Crippen molar-refractivity contribution in [2.45, 2.75) is 25.8 Å². The molecule has 1 amide bonds. The zero-order valence-electron chi connectivity index (χ0n) is 11.6. The number of anilines is 1. The SMILES string of the molecule is CNC(C)CNC(=O)c1cccnc1N1CCCC1. The third-order valence-electron chi connectivity index (χ3n) is 3.50. The van der Waals surface area contributed by atoms with Crippen molar-refractivity contribution in [3.05, 3.63) is 23.9 Å². The van der Waals surface area contributed by atoms with Crippen LogP contribution >= 0.6 is 0 Å². The Morgan fingerprint density at radius 3 is 2.89 bits per heavy atom. The van der Waals surface area contributed by atoms with E-state index in [0.717, 1.165) is 18.9 Å². The Morgan fingerprint density at radius 1 is 1.47 bits per heavy atom. The number of aromatic nitrogens is 1. The first-order valence-electron chi connectivity index (χ1n) is 6.88. The van der Waals surface area contributed by atoms with Crippen LogP contribution in [0.5, 0.6) is 0 Å². The molecule has 1 fully saturated rings.